The van der Waals surface area contributed by atoms with Gasteiger partial charge in [0.2, 0.25) is 100 Å². The number of H-pyrrole nitrogens is 2. The molecule has 0 spiro atoms. The number of amides is 17. The number of nitrogens with two attached hydrogens (primary N) is 4. The number of unbranched alkanes of at least 4 members (excludes halogenated alkanes) is 2. The minimum Gasteiger partial charge on any atom is -0.394 e. The van der Waals surface area contributed by atoms with Gasteiger partial charge in [0.05, 0.1) is 31.4 Å². The van der Waals surface area contributed by atoms with Gasteiger partial charge < -0.3 is 126 Å². The van der Waals surface area contributed by atoms with Crippen molar-refractivity contribution in [3.05, 3.63) is 107 Å². The second kappa shape index (κ2) is 50.2. The summed E-state index contributed by atoms with van der Waals surface area (Å²) < 4.78 is 0. The molecule has 2 aromatic heterocycles. The Bertz CT molecular complexity index is 4960. The number of para-hydroxylation sites is 2. The number of aliphatic hydroxyl groups excluding tert-OH is 2. The number of nitrogens with one attached hydrogen (secondary N) is 14. The van der Waals surface area contributed by atoms with Crippen LogP contribution in [0.1, 0.15) is 135 Å². The van der Waals surface area contributed by atoms with E-state index in [1.54, 1.807) is 86.9 Å². The van der Waals surface area contributed by atoms with Crippen LogP contribution >= 0.6 is 23.4 Å². The predicted octanol–water partition coefficient (Wildman–Crippen LogP) is -2.99. The second-order valence-electron chi connectivity index (χ2n) is 33.9. The zero-order chi connectivity index (χ0) is 96.9. The molecule has 0 unspecified atom stereocenters. The first-order chi connectivity index (χ1) is 62.8. The lowest BCUT2D eigenvalue weighted by atomic mass is 10.00. The molecule has 8 rings (SSSR count). The molecule has 3 fully saturated rings. The standard InChI is InChI=1S/C88H126ClN23O19S/c1-9-11-24-67-80(124)100-58(23-17-31-95-88(93)94)76(120)107-66(75(119)98-42-72(92)116)45-132-46-73(117)99-61(34-49-27-29-52(89)30-28-49)83(127)108(6)48(5)74(118)102-63(38-71(91)115)85(129)111-32-18-26-68(111)81(125)105-64(39-90)78(122)103-60(33-47(3)4)86(130)112-43-53(114)37-70(112)82(126)101-59(35-50-40-96-56-21-15-13-19-54(50)56)77(121)106-65(44-113)79(123)104-62(36-51-41-97-57-22-16-14-20-55(51)57)84(128)110(8)69(25-12-10-2)87(131)109(67)7/h13-16,19-22,27-30,40-41,47-48,53,58-70,96-97,113-114H,9-12,17-18,23-26,31-39,42-46,90H2,1-8H3,(H2,91,115)(H2,92,116)(H,98,119)(H,99,117)(H,100,124)(H,101,126)(H,102,118)(H,103,122)(H,104,123)(H,105,125)(H,106,121)(H,107,120)(H4,93,94,95)/t48-,53+,58-,59-,60-,61-,62-,63-,64-,65-,66-,67-,68-,69-,70-/m0/s1. The Morgan fingerprint density at radius 1 is 0.553 bits per heavy atom. The number of guanidine groups is 1. The summed E-state index contributed by atoms with van der Waals surface area (Å²) in [5, 5.41) is 60.8. The highest BCUT2D eigenvalue weighted by molar-refractivity contribution is 8.00. The molecule has 720 valence electrons. The number of aromatic nitrogens is 2. The number of hydrogen-bond donors (Lipinski definition) is 20. The molecule has 5 heterocycles. The summed E-state index contributed by atoms with van der Waals surface area (Å²) in [6.07, 6.45) is 1.40. The van der Waals surface area contributed by atoms with Gasteiger partial charge >= 0.3 is 0 Å². The minimum atomic E-state index is -1.89. The first kappa shape index (κ1) is 105. The highest BCUT2D eigenvalue weighted by atomic mass is 35.5. The Morgan fingerprint density at radius 3 is 1.67 bits per heavy atom. The van der Waals surface area contributed by atoms with E-state index in [0.29, 0.717) is 69.2 Å². The number of nitrogens with zero attached hydrogens (tertiary/aromatic N) is 5. The van der Waals surface area contributed by atoms with Gasteiger partial charge in [-0.2, -0.15) is 0 Å². The molecule has 17 amide bonds. The number of carbonyl (C=O) groups is 17. The molecule has 42 nitrogen and oxygen atoms in total. The van der Waals surface area contributed by atoms with Crippen molar-refractivity contribution in [2.75, 3.05) is 72.0 Å². The van der Waals surface area contributed by atoms with Gasteiger partial charge in [-0.05, 0) is 98.7 Å². The quantitative estimate of drug-likeness (QED) is 0.0157. The Morgan fingerprint density at radius 2 is 1.08 bits per heavy atom. The normalized spacial score (nSPS) is 25.1. The molecule has 3 saturated heterocycles. The number of aliphatic hydroxyl groups is 2. The van der Waals surface area contributed by atoms with Crippen molar-refractivity contribution in [1.82, 2.24) is 93.0 Å². The number of hydrogen-bond acceptors (Lipinski definition) is 22. The number of aromatic amines is 2. The Kier molecular flexibility index (Phi) is 39.9. The molecule has 0 saturated carbocycles. The van der Waals surface area contributed by atoms with Crippen molar-refractivity contribution in [2.24, 2.45) is 28.9 Å². The van der Waals surface area contributed by atoms with E-state index in [4.69, 9.17) is 39.9 Å². The largest absolute Gasteiger partial charge is 0.394 e. The number of halogens is 1. The monoisotopic (exact) mass is 1880 g/mol. The SMILES string of the molecule is CCCC[C@H]1C(=O)N(C)[C@@H](CCCC)C(=O)N[C@@H](CCCNC(=N)N)C(=O)N[C@H](C(=O)NCC(N)=O)CSCC(=O)N[C@@H](Cc2ccc(Cl)cc2)C(=O)N(C)[C@@H](C)C(=O)N[C@@H](CC(N)=O)C(=O)N2CCC[C@H]2C(=O)N[C@@H](CN)C(=O)N[C@@H](CC(C)C)C(=O)N2C[C@H](O)C[C@H]2C(=O)N[C@@H](Cc2c[nH]c3ccccc23)C(=O)N[C@@H](CO)C(=O)N[C@@H](Cc2c[nH]c3ccccc23)C(=O)N1C. The number of thioether (sulfide) groups is 1. The summed E-state index contributed by atoms with van der Waals surface area (Å²) in [6, 6.07) is -1.51. The molecule has 3 aliphatic rings. The van der Waals surface area contributed by atoms with E-state index in [1.807, 2.05) is 13.8 Å². The fraction of sp³-hybridized carbons (Fsp3) is 0.545. The lowest BCUT2D eigenvalue weighted by Crippen LogP contribution is -2.62. The predicted molar refractivity (Wildman–Crippen MR) is 490 cm³/mol. The molecular weight excluding hydrogens is 1750 g/mol. The molecule has 24 N–H and O–H groups in total. The molecule has 3 aliphatic heterocycles. The lowest BCUT2D eigenvalue weighted by Gasteiger charge is -2.36. The molecule has 44 heteroatoms. The average Bonchev–Trinajstić information content (AvgIpc) is 1.60. The molecule has 5 aromatic rings. The zero-order valence-corrected chi connectivity index (χ0v) is 77.0. The van der Waals surface area contributed by atoms with E-state index >= 15 is 33.6 Å². The summed E-state index contributed by atoms with van der Waals surface area (Å²) in [5.41, 5.74) is 25.7. The Labute approximate surface area is 773 Å². The highest BCUT2D eigenvalue weighted by Gasteiger charge is 2.47. The molecule has 15 atom stereocenters. The van der Waals surface area contributed by atoms with E-state index in [0.717, 1.165) is 36.3 Å². The summed E-state index contributed by atoms with van der Waals surface area (Å²) in [5.74, 6) is -17.8. The molecular formula is C88H126ClN23O19S. The number of carbonyl (C=O) groups excluding carboxylic acids is 17. The van der Waals surface area contributed by atoms with Gasteiger partial charge in [0, 0.05) is 118 Å². The van der Waals surface area contributed by atoms with Crippen molar-refractivity contribution >= 4 is 152 Å². The number of rotatable bonds is 25. The van der Waals surface area contributed by atoms with Gasteiger partial charge in [-0.15, -0.1) is 11.8 Å². The van der Waals surface area contributed by atoms with E-state index in [9.17, 15) is 58.2 Å². The van der Waals surface area contributed by atoms with Crippen molar-refractivity contribution in [1.29, 1.82) is 5.41 Å². The summed E-state index contributed by atoms with van der Waals surface area (Å²) in [7, 11) is 3.92. The molecule has 3 aromatic carbocycles. The molecule has 0 bridgehead atoms. The molecule has 132 heavy (non-hydrogen) atoms. The van der Waals surface area contributed by atoms with Gasteiger partial charge in [0.15, 0.2) is 5.96 Å². The van der Waals surface area contributed by atoms with Gasteiger partial charge in [-0.25, -0.2) is 0 Å². The topological polar surface area (TPSA) is 639 Å². The number of benzene rings is 3. The van der Waals surface area contributed by atoms with Crippen LogP contribution in [-0.2, 0) is 101 Å². The number of primary amides is 2. The van der Waals surface area contributed by atoms with Crippen molar-refractivity contribution in [2.45, 2.75) is 228 Å². The van der Waals surface area contributed by atoms with Crippen LogP contribution in [0.3, 0.4) is 0 Å². The third-order valence-electron chi connectivity index (χ3n) is 23.6. The van der Waals surface area contributed by atoms with Gasteiger partial charge in [-0.1, -0.05) is 114 Å². The van der Waals surface area contributed by atoms with Crippen LogP contribution < -0.4 is 81.4 Å². The fourth-order valence-corrected chi connectivity index (χ4v) is 17.2. The Hall–Kier alpha value is -12.5. The third kappa shape index (κ3) is 29.3. The van der Waals surface area contributed by atoms with Crippen LogP contribution in [0.5, 0.6) is 0 Å². The van der Waals surface area contributed by atoms with Crippen molar-refractivity contribution in [3.8, 4) is 0 Å². The molecule has 0 aliphatic carbocycles. The van der Waals surface area contributed by atoms with E-state index in [-0.39, 0.29) is 89.6 Å². The number of fused-ring (bicyclic) bond motifs is 4. The van der Waals surface area contributed by atoms with E-state index in [1.165, 1.54) is 40.2 Å². The fourth-order valence-electron chi connectivity index (χ4n) is 16.2. The lowest BCUT2D eigenvalue weighted by molar-refractivity contribution is -0.149. The minimum absolute atomic E-state index is 0.00809. The first-order valence-corrected chi connectivity index (χ1v) is 45.8. The van der Waals surface area contributed by atoms with Crippen LogP contribution in [0.4, 0.5) is 0 Å². The van der Waals surface area contributed by atoms with Crippen LogP contribution in [0.25, 0.3) is 21.8 Å². The van der Waals surface area contributed by atoms with Gasteiger partial charge in [-0.3, -0.25) is 86.9 Å². The van der Waals surface area contributed by atoms with Crippen LogP contribution in [-0.4, -0.2) is 314 Å². The van der Waals surface area contributed by atoms with Crippen molar-refractivity contribution in [3.63, 3.8) is 0 Å². The summed E-state index contributed by atoms with van der Waals surface area (Å²) in [6.45, 7) is 5.44. The molecule has 0 radical (unpaired) electrons. The smallest absolute Gasteiger partial charge is 0.246 e. The second-order valence-corrected chi connectivity index (χ2v) is 35.4. The maximum atomic E-state index is 15.7. The van der Waals surface area contributed by atoms with Crippen molar-refractivity contribution < 1.29 is 91.7 Å². The van der Waals surface area contributed by atoms with E-state index < -0.39 is 241 Å². The van der Waals surface area contributed by atoms with Gasteiger partial charge in [0.1, 0.15) is 84.6 Å². The maximum Gasteiger partial charge on any atom is 0.246 e. The summed E-state index contributed by atoms with van der Waals surface area (Å²) >= 11 is 7.02. The third-order valence-corrected chi connectivity index (χ3v) is 24.8. The van der Waals surface area contributed by atoms with Crippen LogP contribution in [0.2, 0.25) is 5.02 Å². The van der Waals surface area contributed by atoms with Gasteiger partial charge in [0.25, 0.3) is 0 Å². The first-order valence-electron chi connectivity index (χ1n) is 44.2. The maximum absolute atomic E-state index is 15.7. The summed E-state index contributed by atoms with van der Waals surface area (Å²) in [4.78, 5) is 260. The Balaban J connectivity index is 1.19. The van der Waals surface area contributed by atoms with Crippen LogP contribution in [0, 0.1) is 11.3 Å². The average molecular weight is 1880 g/mol. The van der Waals surface area contributed by atoms with E-state index in [2.05, 4.69) is 68.5 Å². The zero-order valence-electron chi connectivity index (χ0n) is 75.5. The highest BCUT2D eigenvalue weighted by Crippen LogP contribution is 2.28. The number of likely N-dealkylation sites (N-methyl/N-ethyl adjacent to an activating group) is 3. The van der Waals surface area contributed by atoms with Crippen LogP contribution in [0.15, 0.2) is 85.2 Å².